The van der Waals surface area contributed by atoms with Crippen molar-refractivity contribution >= 4 is 20.6 Å². The third kappa shape index (κ3) is 2.60. The molecule has 3 nitrogen and oxygen atoms in total. The molecule has 4 heteroatoms. The highest BCUT2D eigenvalue weighted by molar-refractivity contribution is 7.33. The summed E-state index contributed by atoms with van der Waals surface area (Å²) in [7, 11) is 2.76. The van der Waals surface area contributed by atoms with Crippen LogP contribution in [-0.4, -0.2) is 43.6 Å². The number of nitrogens with zero attached hydrogens (tertiary/aromatic N) is 2. The second kappa shape index (κ2) is 4.47. The second-order valence-corrected chi connectivity index (χ2v) is 3.17. The second-order valence-electron chi connectivity index (χ2n) is 2.32. The fourth-order valence-electron chi connectivity index (χ4n) is 1.01. The van der Waals surface area contributed by atoms with Gasteiger partial charge in [-0.3, -0.25) is 9.66 Å². The van der Waals surface area contributed by atoms with Gasteiger partial charge in [-0.25, -0.2) is 0 Å². The van der Waals surface area contributed by atoms with Gasteiger partial charge in [0.15, 0.2) is 5.90 Å². The number of methoxy groups -OCH3 is 1. The average molecular weight is 172 g/mol. The van der Waals surface area contributed by atoms with Gasteiger partial charge in [0.05, 0.1) is 13.7 Å². The molecule has 0 radical (unpaired) electrons. The van der Waals surface area contributed by atoms with E-state index < -0.39 is 0 Å². The van der Waals surface area contributed by atoms with E-state index in [0.717, 1.165) is 40.3 Å². The number of ether oxygens (including phenoxy) is 1. The molecule has 0 saturated carbocycles. The Morgan fingerprint density at radius 3 is 3.09 bits per heavy atom. The van der Waals surface area contributed by atoms with Gasteiger partial charge >= 0.3 is 0 Å². The molecule has 1 aliphatic rings. The van der Waals surface area contributed by atoms with Crippen LogP contribution in [0.25, 0.3) is 0 Å². The summed E-state index contributed by atoms with van der Waals surface area (Å²) in [6, 6.07) is 0. The molecule has 1 heterocycles. The molecule has 0 N–H and O–H groups in total. The van der Waals surface area contributed by atoms with Gasteiger partial charge in [0.1, 0.15) is 0 Å². The predicted molar refractivity (Wildman–Crippen MR) is 49.5 cm³/mol. The molecule has 0 amide bonds. The Morgan fingerprint density at radius 2 is 2.45 bits per heavy atom. The Morgan fingerprint density at radius 1 is 1.64 bits per heavy atom. The van der Waals surface area contributed by atoms with Crippen LogP contribution >= 0.6 is 8.35 Å². The first-order chi connectivity index (χ1) is 5.36. The summed E-state index contributed by atoms with van der Waals surface area (Å²) >= 11 is 0. The highest BCUT2D eigenvalue weighted by atomic mass is 31.1. The molecule has 0 saturated heterocycles. The Labute approximate surface area is 68.9 Å². The van der Waals surface area contributed by atoms with E-state index in [9.17, 15) is 0 Å². The number of rotatable bonds is 1. The van der Waals surface area contributed by atoms with Crippen LogP contribution in [0.2, 0.25) is 0 Å². The van der Waals surface area contributed by atoms with Gasteiger partial charge in [-0.15, -0.1) is 0 Å². The van der Waals surface area contributed by atoms with Gasteiger partial charge in [-0.1, -0.05) is 6.30 Å². The lowest BCUT2D eigenvalue weighted by Crippen LogP contribution is -2.16. The maximum Gasteiger partial charge on any atom is 0.184 e. The molecular formula is C7H13N2OP. The zero-order valence-corrected chi connectivity index (χ0v) is 7.68. The smallest absolute Gasteiger partial charge is 0.184 e. The maximum atomic E-state index is 5.06. The molecule has 0 aromatic rings. The van der Waals surface area contributed by atoms with Crippen LogP contribution in [0.3, 0.4) is 0 Å². The summed E-state index contributed by atoms with van der Waals surface area (Å²) < 4.78 is 7.31. The summed E-state index contributed by atoms with van der Waals surface area (Å²) in [4.78, 5) is 4.26. The van der Waals surface area contributed by atoms with Gasteiger partial charge in [-0.2, -0.15) is 0 Å². The van der Waals surface area contributed by atoms with Crippen molar-refractivity contribution in [3.63, 3.8) is 0 Å². The Bertz CT molecular complexity index is 170. The molecule has 0 aliphatic carbocycles. The number of aliphatic imine (C=N–C) groups is 1. The van der Waals surface area contributed by atoms with Crippen LogP contribution in [0.4, 0.5) is 0 Å². The van der Waals surface area contributed by atoms with E-state index in [1.807, 2.05) is 0 Å². The molecule has 0 spiro atoms. The average Bonchev–Trinajstić information content (AvgIpc) is 2.28. The van der Waals surface area contributed by atoms with Crippen molar-refractivity contribution in [1.82, 2.24) is 4.67 Å². The van der Waals surface area contributed by atoms with Crippen molar-refractivity contribution in [3.05, 3.63) is 0 Å². The summed E-state index contributed by atoms with van der Waals surface area (Å²) in [5, 5.41) is 0. The predicted octanol–water partition coefficient (Wildman–Crippen LogP) is 1.03. The van der Waals surface area contributed by atoms with Crippen molar-refractivity contribution in [1.29, 1.82) is 0 Å². The summed E-state index contributed by atoms with van der Waals surface area (Å²) in [5.41, 5.74) is 0. The van der Waals surface area contributed by atoms with Crippen LogP contribution in [0.5, 0.6) is 0 Å². The fourth-order valence-corrected chi connectivity index (χ4v) is 1.49. The Kier molecular flexibility index (Phi) is 3.53. The lowest BCUT2D eigenvalue weighted by Gasteiger charge is -2.10. The Hall–Kier alpha value is -0.400. The SMILES string of the molecule is C=PN1CCN=C(OC)CC1. The van der Waals surface area contributed by atoms with Crippen molar-refractivity contribution < 1.29 is 4.74 Å². The van der Waals surface area contributed by atoms with Crippen molar-refractivity contribution in [2.45, 2.75) is 6.42 Å². The molecule has 1 aliphatic heterocycles. The van der Waals surface area contributed by atoms with Crippen molar-refractivity contribution in [3.8, 4) is 0 Å². The van der Waals surface area contributed by atoms with E-state index in [-0.39, 0.29) is 0 Å². The highest BCUT2D eigenvalue weighted by Gasteiger charge is 2.08. The maximum absolute atomic E-state index is 5.06. The summed E-state index contributed by atoms with van der Waals surface area (Å²) in [5.74, 6) is 0.871. The monoisotopic (exact) mass is 172 g/mol. The van der Waals surface area contributed by atoms with E-state index in [2.05, 4.69) is 16.0 Å². The first-order valence-electron chi connectivity index (χ1n) is 3.65. The number of hydrogen-bond acceptors (Lipinski definition) is 3. The van der Waals surface area contributed by atoms with Crippen LogP contribution in [0.15, 0.2) is 4.99 Å². The zero-order chi connectivity index (χ0) is 8.10. The van der Waals surface area contributed by atoms with Gasteiger partial charge in [0.2, 0.25) is 0 Å². The molecule has 0 unspecified atom stereocenters. The lowest BCUT2D eigenvalue weighted by atomic mass is 10.4. The van der Waals surface area contributed by atoms with E-state index in [1.165, 1.54) is 0 Å². The Balaban J connectivity index is 2.43. The summed E-state index contributed by atoms with van der Waals surface area (Å²) in [6.45, 7) is 2.85. The summed E-state index contributed by atoms with van der Waals surface area (Å²) in [6.07, 6.45) is 4.72. The molecule has 0 aromatic carbocycles. The fraction of sp³-hybridized carbons (Fsp3) is 0.714. The van der Waals surface area contributed by atoms with Crippen LogP contribution in [0.1, 0.15) is 6.42 Å². The van der Waals surface area contributed by atoms with E-state index in [4.69, 9.17) is 4.74 Å². The van der Waals surface area contributed by atoms with Gasteiger partial charge < -0.3 is 4.74 Å². The standard InChI is InChI=1S/C7H13N2OP/c1-10-7-3-5-9(11-2)6-4-8-7/h2-6H2,1H3. The van der Waals surface area contributed by atoms with Crippen LogP contribution in [-0.2, 0) is 4.74 Å². The van der Waals surface area contributed by atoms with Crippen LogP contribution in [0, 0.1) is 0 Å². The van der Waals surface area contributed by atoms with Crippen LogP contribution < -0.4 is 0 Å². The van der Waals surface area contributed by atoms with Crippen molar-refractivity contribution in [2.75, 3.05) is 26.7 Å². The molecule has 0 atom stereocenters. The minimum atomic E-state index is 0.839. The first-order valence-corrected chi connectivity index (χ1v) is 4.69. The zero-order valence-electron chi connectivity index (χ0n) is 6.79. The van der Waals surface area contributed by atoms with Gasteiger partial charge in [0.25, 0.3) is 0 Å². The molecule has 11 heavy (non-hydrogen) atoms. The highest BCUT2D eigenvalue weighted by Crippen LogP contribution is 2.08. The minimum absolute atomic E-state index is 0.839. The van der Waals surface area contributed by atoms with Crippen molar-refractivity contribution in [2.24, 2.45) is 4.99 Å². The minimum Gasteiger partial charge on any atom is -0.484 e. The number of hydrogen-bond donors (Lipinski definition) is 0. The molecule has 0 fully saturated rings. The third-order valence-corrected chi connectivity index (χ3v) is 2.47. The topological polar surface area (TPSA) is 24.8 Å². The molecule has 0 bridgehead atoms. The first kappa shape index (κ1) is 8.69. The van der Waals surface area contributed by atoms with Gasteiger partial charge in [0, 0.05) is 19.5 Å². The lowest BCUT2D eigenvalue weighted by molar-refractivity contribution is 0.386. The third-order valence-electron chi connectivity index (χ3n) is 1.67. The largest absolute Gasteiger partial charge is 0.484 e. The molecule has 0 aromatic heterocycles. The molecule has 1 rings (SSSR count). The van der Waals surface area contributed by atoms with Gasteiger partial charge in [-0.05, 0) is 8.35 Å². The quantitative estimate of drug-likeness (QED) is 0.552. The molecular weight excluding hydrogens is 159 g/mol. The van der Waals surface area contributed by atoms with E-state index in [1.54, 1.807) is 7.11 Å². The van der Waals surface area contributed by atoms with E-state index in [0.29, 0.717) is 0 Å². The van der Waals surface area contributed by atoms with E-state index >= 15 is 0 Å². The normalized spacial score (nSPS) is 21.0. The molecule has 62 valence electrons.